The van der Waals surface area contributed by atoms with E-state index in [0.29, 0.717) is 18.0 Å². The summed E-state index contributed by atoms with van der Waals surface area (Å²) in [6.45, 7) is 3.29. The quantitative estimate of drug-likeness (QED) is 0.617. The van der Waals surface area contributed by atoms with Gasteiger partial charge in [-0.15, -0.1) is 17.0 Å². The lowest BCUT2D eigenvalue weighted by Gasteiger charge is -2.35. The van der Waals surface area contributed by atoms with E-state index < -0.39 is 7.60 Å². The highest BCUT2D eigenvalue weighted by Crippen LogP contribution is 2.35. The Hall–Kier alpha value is -1.45. The van der Waals surface area contributed by atoms with Crippen LogP contribution in [-0.2, 0) is 4.57 Å². The highest BCUT2D eigenvalue weighted by atomic mass is 79.9. The standard InChI is InChI=1S/C16H23N4O5P.BrH/c1-24-14-9-12-13(10-15(14)25-2)17-11-18-16(12)20-5-3-19(4-6-20)7-8-26(21,22)23;/h9-11H,3-8H2,1-2H3,(H2,21,22,23);1H. The molecule has 27 heavy (non-hydrogen) atoms. The lowest BCUT2D eigenvalue weighted by molar-refractivity contribution is 0.264. The minimum atomic E-state index is -3.96. The number of fused-ring (bicyclic) bond motifs is 1. The third-order valence-corrected chi connectivity index (χ3v) is 5.28. The van der Waals surface area contributed by atoms with Crippen molar-refractivity contribution in [2.24, 2.45) is 0 Å². The van der Waals surface area contributed by atoms with E-state index >= 15 is 0 Å². The molecule has 0 spiro atoms. The van der Waals surface area contributed by atoms with E-state index in [1.807, 2.05) is 12.1 Å². The third-order valence-electron chi connectivity index (χ3n) is 4.50. The van der Waals surface area contributed by atoms with Gasteiger partial charge in [0.1, 0.15) is 12.1 Å². The van der Waals surface area contributed by atoms with Crippen molar-refractivity contribution in [3.05, 3.63) is 18.5 Å². The minimum Gasteiger partial charge on any atom is -0.493 e. The number of hydrogen-bond acceptors (Lipinski definition) is 7. The van der Waals surface area contributed by atoms with E-state index in [1.165, 1.54) is 6.33 Å². The average molecular weight is 463 g/mol. The van der Waals surface area contributed by atoms with Crippen LogP contribution in [0.5, 0.6) is 11.5 Å². The van der Waals surface area contributed by atoms with Crippen LogP contribution in [0.4, 0.5) is 5.82 Å². The maximum atomic E-state index is 11.0. The molecule has 1 aliphatic rings. The minimum absolute atomic E-state index is 0. The zero-order chi connectivity index (χ0) is 18.7. The summed E-state index contributed by atoms with van der Waals surface area (Å²) in [5.41, 5.74) is 0.775. The van der Waals surface area contributed by atoms with Crippen molar-refractivity contribution >= 4 is 41.3 Å². The Morgan fingerprint density at radius 3 is 2.30 bits per heavy atom. The predicted octanol–water partition coefficient (Wildman–Crippen LogP) is 1.52. The van der Waals surface area contributed by atoms with Gasteiger partial charge in [0, 0.05) is 44.2 Å². The maximum absolute atomic E-state index is 11.0. The molecule has 0 unspecified atom stereocenters. The fourth-order valence-corrected chi connectivity index (χ4v) is 3.62. The number of rotatable bonds is 6. The van der Waals surface area contributed by atoms with Crippen molar-refractivity contribution in [1.82, 2.24) is 14.9 Å². The summed E-state index contributed by atoms with van der Waals surface area (Å²) in [4.78, 5) is 31.0. The van der Waals surface area contributed by atoms with Gasteiger partial charge in [0.05, 0.1) is 25.9 Å². The molecule has 0 bridgehead atoms. The second-order valence-corrected chi connectivity index (χ2v) is 7.92. The zero-order valence-corrected chi connectivity index (χ0v) is 17.8. The second-order valence-electron chi connectivity index (χ2n) is 6.14. The highest BCUT2D eigenvalue weighted by Gasteiger charge is 2.23. The number of ether oxygens (including phenoxy) is 2. The highest BCUT2D eigenvalue weighted by molar-refractivity contribution is 8.93. The molecular weight excluding hydrogens is 439 g/mol. The molecule has 9 nitrogen and oxygen atoms in total. The van der Waals surface area contributed by atoms with Crippen molar-refractivity contribution in [2.45, 2.75) is 0 Å². The van der Waals surface area contributed by atoms with Gasteiger partial charge in [0.25, 0.3) is 0 Å². The molecule has 150 valence electrons. The SMILES string of the molecule is Br.COc1cc2ncnc(N3CCN(CCP(=O)(O)O)CC3)c2cc1OC. The van der Waals surface area contributed by atoms with Crippen LogP contribution in [0, 0.1) is 0 Å². The lowest BCUT2D eigenvalue weighted by Crippen LogP contribution is -2.47. The van der Waals surface area contributed by atoms with Crippen LogP contribution >= 0.6 is 24.6 Å². The molecule has 0 aliphatic carbocycles. The third kappa shape index (κ3) is 5.30. The Kier molecular flexibility index (Phi) is 7.41. The van der Waals surface area contributed by atoms with E-state index in [0.717, 1.165) is 42.9 Å². The smallest absolute Gasteiger partial charge is 0.326 e. The number of anilines is 1. The van der Waals surface area contributed by atoms with Crippen molar-refractivity contribution in [3.63, 3.8) is 0 Å². The van der Waals surface area contributed by atoms with Crippen LogP contribution in [0.3, 0.4) is 0 Å². The molecule has 0 atom stereocenters. The van der Waals surface area contributed by atoms with Crippen molar-refractivity contribution in [3.8, 4) is 11.5 Å². The molecule has 1 aromatic heterocycles. The normalized spacial score (nSPS) is 15.5. The Morgan fingerprint density at radius 2 is 1.70 bits per heavy atom. The molecule has 1 aliphatic heterocycles. The number of halogens is 1. The average Bonchev–Trinajstić information content (AvgIpc) is 2.64. The fraction of sp³-hybridized carbons (Fsp3) is 0.500. The van der Waals surface area contributed by atoms with E-state index in [9.17, 15) is 4.57 Å². The van der Waals surface area contributed by atoms with Gasteiger partial charge in [-0.3, -0.25) is 9.46 Å². The van der Waals surface area contributed by atoms with Crippen LogP contribution in [0.15, 0.2) is 18.5 Å². The Morgan fingerprint density at radius 1 is 1.07 bits per heavy atom. The van der Waals surface area contributed by atoms with Gasteiger partial charge in [-0.1, -0.05) is 0 Å². The second kappa shape index (κ2) is 9.16. The topological polar surface area (TPSA) is 108 Å². The summed E-state index contributed by atoms with van der Waals surface area (Å²) >= 11 is 0. The van der Waals surface area contributed by atoms with Crippen LogP contribution in [-0.4, -0.2) is 77.8 Å². The number of nitrogens with zero attached hydrogens (tertiary/aromatic N) is 4. The molecule has 0 radical (unpaired) electrons. The Balaban J connectivity index is 0.00000261. The van der Waals surface area contributed by atoms with Crippen LogP contribution in [0.25, 0.3) is 10.9 Å². The van der Waals surface area contributed by atoms with Gasteiger partial charge < -0.3 is 24.2 Å². The number of benzene rings is 1. The molecule has 1 aromatic carbocycles. The monoisotopic (exact) mass is 462 g/mol. The maximum Gasteiger partial charge on any atom is 0.326 e. The summed E-state index contributed by atoms with van der Waals surface area (Å²) in [6.07, 6.45) is 1.42. The van der Waals surface area contributed by atoms with Crippen LogP contribution < -0.4 is 14.4 Å². The molecule has 1 saturated heterocycles. The fourth-order valence-electron chi connectivity index (χ4n) is 3.08. The number of piperazine rings is 1. The predicted molar refractivity (Wildman–Crippen MR) is 109 cm³/mol. The van der Waals surface area contributed by atoms with Gasteiger partial charge in [0.2, 0.25) is 0 Å². The van der Waals surface area contributed by atoms with E-state index in [-0.39, 0.29) is 23.1 Å². The van der Waals surface area contributed by atoms with E-state index in [4.69, 9.17) is 19.3 Å². The molecule has 2 aromatic rings. The van der Waals surface area contributed by atoms with E-state index in [1.54, 1.807) is 14.2 Å². The molecule has 2 N–H and O–H groups in total. The van der Waals surface area contributed by atoms with Gasteiger partial charge in [-0.05, 0) is 6.07 Å². The van der Waals surface area contributed by atoms with Gasteiger partial charge >= 0.3 is 7.60 Å². The first kappa shape index (κ1) is 21.8. The van der Waals surface area contributed by atoms with Gasteiger partial charge in [-0.25, -0.2) is 9.97 Å². The van der Waals surface area contributed by atoms with E-state index in [2.05, 4.69) is 19.8 Å². The summed E-state index contributed by atoms with van der Waals surface area (Å²) in [7, 11) is -0.781. The lowest BCUT2D eigenvalue weighted by atomic mass is 10.2. The van der Waals surface area contributed by atoms with Crippen LogP contribution in [0.2, 0.25) is 0 Å². The van der Waals surface area contributed by atoms with Crippen molar-refractivity contribution in [1.29, 1.82) is 0 Å². The first-order valence-electron chi connectivity index (χ1n) is 8.30. The summed E-state index contributed by atoms with van der Waals surface area (Å²) in [6, 6.07) is 3.71. The zero-order valence-electron chi connectivity index (χ0n) is 15.2. The summed E-state index contributed by atoms with van der Waals surface area (Å²) in [5.74, 6) is 2.06. The molecule has 1 fully saturated rings. The summed E-state index contributed by atoms with van der Waals surface area (Å²) in [5, 5.41) is 0.883. The molecular formula is C16H24BrN4O5P. The van der Waals surface area contributed by atoms with Crippen molar-refractivity contribution in [2.75, 3.05) is 58.0 Å². The first-order valence-corrected chi connectivity index (χ1v) is 10.1. The number of hydrogen-bond donors (Lipinski definition) is 2. The Bertz CT molecular complexity index is 826. The van der Waals surface area contributed by atoms with Crippen LogP contribution in [0.1, 0.15) is 0 Å². The molecule has 2 heterocycles. The van der Waals surface area contributed by atoms with Gasteiger partial charge in [0.15, 0.2) is 11.5 Å². The molecule has 0 saturated carbocycles. The summed E-state index contributed by atoms with van der Waals surface area (Å²) < 4.78 is 21.8. The van der Waals surface area contributed by atoms with Gasteiger partial charge in [-0.2, -0.15) is 0 Å². The Labute approximate surface area is 168 Å². The number of methoxy groups -OCH3 is 2. The largest absolute Gasteiger partial charge is 0.493 e. The molecule has 0 amide bonds. The molecule has 3 rings (SSSR count). The number of aromatic nitrogens is 2. The molecule has 11 heteroatoms. The first-order chi connectivity index (χ1) is 12.4. The van der Waals surface area contributed by atoms with Crippen molar-refractivity contribution < 1.29 is 23.8 Å².